The van der Waals surface area contributed by atoms with Crippen LogP contribution in [0.2, 0.25) is 0 Å². The van der Waals surface area contributed by atoms with Crippen molar-refractivity contribution in [2.24, 2.45) is 0 Å². The highest BCUT2D eigenvalue weighted by Crippen LogP contribution is 2.32. The van der Waals surface area contributed by atoms with Gasteiger partial charge in [-0.05, 0) is 18.1 Å². The Kier molecular flexibility index (Phi) is 3.37. The average Bonchev–Trinajstić information content (AvgIpc) is 3.03. The first kappa shape index (κ1) is 13.6. The van der Waals surface area contributed by atoms with Crippen molar-refractivity contribution in [3.05, 3.63) is 29.8 Å². The van der Waals surface area contributed by atoms with Gasteiger partial charge in [0.05, 0.1) is 0 Å². The Hall–Kier alpha value is -2.37. The SMILES string of the molecule is O=C(O)C1Cc2ccccc2N1C(=O)CN1CCCC1=O. The zero-order chi connectivity index (χ0) is 15.0. The Morgan fingerprint density at radius 2 is 2.05 bits per heavy atom. The second-order valence-corrected chi connectivity index (χ2v) is 5.37. The zero-order valence-electron chi connectivity index (χ0n) is 11.5. The maximum absolute atomic E-state index is 12.5. The molecular weight excluding hydrogens is 272 g/mol. The van der Waals surface area contributed by atoms with Crippen LogP contribution in [0.25, 0.3) is 0 Å². The number of benzene rings is 1. The number of carbonyl (C=O) groups excluding carboxylic acids is 2. The van der Waals surface area contributed by atoms with Gasteiger partial charge in [-0.1, -0.05) is 18.2 Å². The summed E-state index contributed by atoms with van der Waals surface area (Å²) in [5.41, 5.74) is 1.49. The number of rotatable bonds is 3. The summed E-state index contributed by atoms with van der Waals surface area (Å²) in [5.74, 6) is -1.39. The smallest absolute Gasteiger partial charge is 0.327 e. The number of carbonyl (C=O) groups is 3. The Morgan fingerprint density at radius 1 is 1.29 bits per heavy atom. The van der Waals surface area contributed by atoms with Gasteiger partial charge in [-0.25, -0.2) is 4.79 Å². The quantitative estimate of drug-likeness (QED) is 0.886. The van der Waals surface area contributed by atoms with Crippen LogP contribution in [0.1, 0.15) is 18.4 Å². The summed E-state index contributed by atoms with van der Waals surface area (Å²) in [6.07, 6.45) is 1.53. The number of carboxylic acid groups (broad SMARTS) is 1. The molecule has 1 N–H and O–H groups in total. The number of anilines is 1. The molecule has 2 amide bonds. The van der Waals surface area contributed by atoms with E-state index in [0.717, 1.165) is 12.0 Å². The number of para-hydroxylation sites is 1. The lowest BCUT2D eigenvalue weighted by atomic mass is 10.1. The van der Waals surface area contributed by atoms with Gasteiger partial charge in [0.15, 0.2) is 0 Å². The Morgan fingerprint density at radius 3 is 2.71 bits per heavy atom. The Bertz CT molecular complexity index is 613. The van der Waals surface area contributed by atoms with Crippen molar-refractivity contribution in [3.63, 3.8) is 0 Å². The third-order valence-electron chi connectivity index (χ3n) is 4.03. The van der Waals surface area contributed by atoms with Crippen LogP contribution in [0.4, 0.5) is 5.69 Å². The van der Waals surface area contributed by atoms with Gasteiger partial charge in [0.2, 0.25) is 11.8 Å². The molecule has 110 valence electrons. The minimum absolute atomic E-state index is 0.0392. The van der Waals surface area contributed by atoms with Crippen LogP contribution in [0, 0.1) is 0 Å². The monoisotopic (exact) mass is 288 g/mol. The first-order chi connectivity index (χ1) is 10.1. The molecule has 0 aromatic heterocycles. The highest BCUT2D eigenvalue weighted by molar-refractivity contribution is 6.03. The predicted octanol–water partition coefficient (Wildman–Crippen LogP) is 0.651. The summed E-state index contributed by atoms with van der Waals surface area (Å²) < 4.78 is 0. The molecule has 1 aromatic rings. The molecule has 2 aliphatic rings. The summed E-state index contributed by atoms with van der Waals surface area (Å²) in [5, 5.41) is 9.34. The molecule has 2 heterocycles. The van der Waals surface area contributed by atoms with E-state index in [1.165, 1.54) is 9.80 Å². The molecule has 2 aliphatic heterocycles. The van der Waals surface area contributed by atoms with Gasteiger partial charge < -0.3 is 10.0 Å². The van der Waals surface area contributed by atoms with Crippen LogP contribution in [-0.2, 0) is 20.8 Å². The van der Waals surface area contributed by atoms with E-state index in [2.05, 4.69) is 0 Å². The fraction of sp³-hybridized carbons (Fsp3) is 0.400. The van der Waals surface area contributed by atoms with Crippen LogP contribution in [0.5, 0.6) is 0 Å². The topological polar surface area (TPSA) is 77.9 Å². The summed E-state index contributed by atoms with van der Waals surface area (Å²) in [7, 11) is 0. The highest BCUT2D eigenvalue weighted by Gasteiger charge is 2.39. The fourth-order valence-electron chi connectivity index (χ4n) is 3.00. The van der Waals surface area contributed by atoms with E-state index in [1.54, 1.807) is 12.1 Å². The number of aliphatic carboxylic acids is 1. The second kappa shape index (κ2) is 5.20. The van der Waals surface area contributed by atoms with E-state index >= 15 is 0 Å². The van der Waals surface area contributed by atoms with Crippen LogP contribution < -0.4 is 4.90 Å². The summed E-state index contributed by atoms with van der Waals surface area (Å²) >= 11 is 0. The van der Waals surface area contributed by atoms with Gasteiger partial charge in [0.25, 0.3) is 0 Å². The molecule has 3 rings (SSSR count). The molecule has 0 radical (unpaired) electrons. The van der Waals surface area contributed by atoms with Crippen molar-refractivity contribution in [2.45, 2.75) is 25.3 Å². The molecule has 1 saturated heterocycles. The summed E-state index contributed by atoms with van der Waals surface area (Å²) in [6.45, 7) is 0.523. The van der Waals surface area contributed by atoms with Gasteiger partial charge in [0, 0.05) is 25.1 Å². The molecule has 1 fully saturated rings. The molecule has 1 atom stereocenters. The van der Waals surface area contributed by atoms with E-state index in [1.807, 2.05) is 12.1 Å². The molecule has 1 unspecified atom stereocenters. The van der Waals surface area contributed by atoms with Gasteiger partial charge in [-0.15, -0.1) is 0 Å². The molecule has 0 spiro atoms. The first-order valence-corrected chi connectivity index (χ1v) is 6.98. The van der Waals surface area contributed by atoms with Gasteiger partial charge in [0.1, 0.15) is 12.6 Å². The Balaban J connectivity index is 1.85. The second-order valence-electron chi connectivity index (χ2n) is 5.37. The number of hydrogen-bond donors (Lipinski definition) is 1. The van der Waals surface area contributed by atoms with Crippen molar-refractivity contribution in [1.82, 2.24) is 4.90 Å². The van der Waals surface area contributed by atoms with Gasteiger partial charge in [-0.2, -0.15) is 0 Å². The normalized spacial score (nSPS) is 20.8. The minimum Gasteiger partial charge on any atom is -0.480 e. The predicted molar refractivity (Wildman–Crippen MR) is 74.9 cm³/mol. The van der Waals surface area contributed by atoms with Crippen LogP contribution in [0.3, 0.4) is 0 Å². The van der Waals surface area contributed by atoms with E-state index in [0.29, 0.717) is 25.1 Å². The maximum Gasteiger partial charge on any atom is 0.327 e. The van der Waals surface area contributed by atoms with Crippen LogP contribution >= 0.6 is 0 Å². The standard InChI is InChI=1S/C15H16N2O4/c18-13-6-3-7-16(13)9-14(19)17-11-5-2-1-4-10(11)8-12(17)15(20)21/h1-2,4-5,12H,3,6-9H2,(H,20,21). The van der Waals surface area contributed by atoms with Crippen molar-refractivity contribution in [1.29, 1.82) is 0 Å². The van der Waals surface area contributed by atoms with Crippen molar-refractivity contribution in [2.75, 3.05) is 18.0 Å². The molecule has 6 heteroatoms. The minimum atomic E-state index is -1.02. The van der Waals surface area contributed by atoms with Crippen LogP contribution in [0.15, 0.2) is 24.3 Å². The van der Waals surface area contributed by atoms with Crippen molar-refractivity contribution >= 4 is 23.5 Å². The Labute approximate surface area is 122 Å². The third kappa shape index (κ3) is 2.37. The fourth-order valence-corrected chi connectivity index (χ4v) is 3.00. The van der Waals surface area contributed by atoms with Crippen LogP contribution in [-0.4, -0.2) is 46.9 Å². The van der Waals surface area contributed by atoms with Crippen molar-refractivity contribution < 1.29 is 19.5 Å². The highest BCUT2D eigenvalue weighted by atomic mass is 16.4. The third-order valence-corrected chi connectivity index (χ3v) is 4.03. The number of amides is 2. The maximum atomic E-state index is 12.5. The number of hydrogen-bond acceptors (Lipinski definition) is 3. The van der Waals surface area contributed by atoms with E-state index in [-0.39, 0.29) is 18.4 Å². The summed E-state index contributed by atoms with van der Waals surface area (Å²) in [4.78, 5) is 38.4. The van der Waals surface area contributed by atoms with E-state index in [9.17, 15) is 19.5 Å². The van der Waals surface area contributed by atoms with Gasteiger partial charge >= 0.3 is 5.97 Å². The number of carboxylic acids is 1. The van der Waals surface area contributed by atoms with Crippen molar-refractivity contribution in [3.8, 4) is 0 Å². The lowest BCUT2D eigenvalue weighted by Crippen LogP contribution is -2.47. The lowest BCUT2D eigenvalue weighted by Gasteiger charge is -2.25. The van der Waals surface area contributed by atoms with E-state index in [4.69, 9.17) is 0 Å². The largest absolute Gasteiger partial charge is 0.480 e. The number of likely N-dealkylation sites (tertiary alicyclic amines) is 1. The summed E-state index contributed by atoms with van der Waals surface area (Å²) in [6, 6.07) is 6.31. The molecule has 21 heavy (non-hydrogen) atoms. The zero-order valence-corrected chi connectivity index (χ0v) is 11.5. The molecule has 1 aromatic carbocycles. The average molecular weight is 288 g/mol. The van der Waals surface area contributed by atoms with E-state index < -0.39 is 12.0 Å². The lowest BCUT2D eigenvalue weighted by molar-refractivity contribution is -0.140. The first-order valence-electron chi connectivity index (χ1n) is 6.98. The number of fused-ring (bicyclic) bond motifs is 1. The molecule has 0 bridgehead atoms. The molecular formula is C15H16N2O4. The molecule has 0 aliphatic carbocycles. The van der Waals surface area contributed by atoms with Gasteiger partial charge in [-0.3, -0.25) is 14.5 Å². The molecule has 6 nitrogen and oxygen atoms in total. The molecule has 0 saturated carbocycles. The number of nitrogens with zero attached hydrogens (tertiary/aromatic N) is 2.